The number of carbonyl (C=O) groups is 3. The normalized spacial score (nSPS) is 23.1. The zero-order valence-electron chi connectivity index (χ0n) is 20.1. The summed E-state index contributed by atoms with van der Waals surface area (Å²) in [6.07, 6.45) is 4.76. The van der Waals surface area contributed by atoms with Crippen molar-refractivity contribution in [3.05, 3.63) is 12.7 Å². The number of hydrogen-bond acceptors (Lipinski definition) is 10. The Morgan fingerprint density at radius 3 is 2.80 bits per heavy atom. The van der Waals surface area contributed by atoms with Crippen LogP contribution in [0.3, 0.4) is 0 Å². The Morgan fingerprint density at radius 1 is 1.29 bits per heavy atom. The molecular weight excluding hydrogens is 474 g/mol. The van der Waals surface area contributed by atoms with Crippen molar-refractivity contribution in [2.24, 2.45) is 0 Å². The minimum Gasteiger partial charge on any atom is -0.382 e. The van der Waals surface area contributed by atoms with E-state index in [4.69, 9.17) is 15.2 Å². The van der Waals surface area contributed by atoms with Crippen LogP contribution in [-0.4, -0.2) is 97.0 Å². The standard InChI is InChI=1S/C22H31N7O5S/c1-13(2)33-10-14-8-27(16(30)5-4-6-28-17(31)7-15(35-3)22(28)32)9-18(34-14)29-12-26-19-20(23)24-11-25-21(19)29/h11-15,18H,4-10H2,1-3H3,(H2,23,24,25)/t14-,15?,18+/m0/s1. The van der Waals surface area contributed by atoms with Gasteiger partial charge >= 0.3 is 0 Å². The highest BCUT2D eigenvalue weighted by Gasteiger charge is 2.38. The largest absolute Gasteiger partial charge is 0.382 e. The molecule has 2 aromatic heterocycles. The zero-order chi connectivity index (χ0) is 25.1. The minimum atomic E-state index is -0.531. The molecule has 0 saturated carbocycles. The van der Waals surface area contributed by atoms with Crippen molar-refractivity contribution in [1.82, 2.24) is 29.3 Å². The van der Waals surface area contributed by atoms with Crippen molar-refractivity contribution in [2.75, 3.05) is 38.2 Å². The molecule has 2 aliphatic heterocycles. The van der Waals surface area contributed by atoms with E-state index < -0.39 is 6.23 Å². The number of hydrogen-bond donors (Lipinski definition) is 1. The number of rotatable bonds is 9. The van der Waals surface area contributed by atoms with Crippen LogP contribution in [0, 0.1) is 0 Å². The Morgan fingerprint density at radius 2 is 2.09 bits per heavy atom. The van der Waals surface area contributed by atoms with Crippen LogP contribution in [0.5, 0.6) is 0 Å². The predicted octanol–water partition coefficient (Wildman–Crippen LogP) is 0.830. The van der Waals surface area contributed by atoms with Crippen molar-refractivity contribution in [3.63, 3.8) is 0 Å². The van der Waals surface area contributed by atoms with E-state index in [1.54, 1.807) is 15.8 Å². The summed E-state index contributed by atoms with van der Waals surface area (Å²) in [7, 11) is 0. The molecule has 35 heavy (non-hydrogen) atoms. The SMILES string of the molecule is CSC1CC(=O)N(CCCC(=O)N2C[C@@H](COC(C)C)O[C@@H](n3cnc4c(N)ncnc43)C2)C1=O. The van der Waals surface area contributed by atoms with Gasteiger partial charge in [-0.1, -0.05) is 0 Å². The number of likely N-dealkylation sites (tertiary alicyclic amines) is 1. The van der Waals surface area contributed by atoms with Crippen LogP contribution in [0.25, 0.3) is 11.2 Å². The van der Waals surface area contributed by atoms with Gasteiger partial charge in [0, 0.05) is 25.9 Å². The van der Waals surface area contributed by atoms with E-state index in [0.717, 1.165) is 0 Å². The molecule has 4 rings (SSSR count). The molecule has 2 N–H and O–H groups in total. The lowest BCUT2D eigenvalue weighted by Crippen LogP contribution is -2.50. The van der Waals surface area contributed by atoms with Crippen LogP contribution in [-0.2, 0) is 23.9 Å². The Labute approximate surface area is 207 Å². The first-order chi connectivity index (χ1) is 16.8. The second-order valence-electron chi connectivity index (χ2n) is 8.89. The summed E-state index contributed by atoms with van der Waals surface area (Å²) < 4.78 is 13.8. The van der Waals surface area contributed by atoms with Crippen LogP contribution in [0.1, 0.15) is 39.3 Å². The van der Waals surface area contributed by atoms with Gasteiger partial charge in [0.25, 0.3) is 0 Å². The maximum absolute atomic E-state index is 13.1. The number of carbonyl (C=O) groups excluding carboxylic acids is 3. The van der Waals surface area contributed by atoms with Gasteiger partial charge in [-0.25, -0.2) is 15.0 Å². The van der Waals surface area contributed by atoms with E-state index >= 15 is 0 Å². The van der Waals surface area contributed by atoms with Gasteiger partial charge in [-0.2, -0.15) is 11.8 Å². The average molecular weight is 506 g/mol. The first-order valence-electron chi connectivity index (χ1n) is 11.6. The molecule has 2 aromatic rings. The number of amides is 3. The number of thioether (sulfide) groups is 1. The van der Waals surface area contributed by atoms with Crippen molar-refractivity contribution in [1.29, 1.82) is 0 Å². The fourth-order valence-electron chi connectivity index (χ4n) is 4.27. The van der Waals surface area contributed by atoms with E-state index in [-0.39, 0.29) is 60.4 Å². The van der Waals surface area contributed by atoms with E-state index in [1.165, 1.54) is 23.0 Å². The molecule has 0 spiro atoms. The summed E-state index contributed by atoms with van der Waals surface area (Å²) in [5, 5.41) is -0.317. The monoisotopic (exact) mass is 505 g/mol. The first kappa shape index (κ1) is 25.3. The third-order valence-electron chi connectivity index (χ3n) is 6.08. The van der Waals surface area contributed by atoms with E-state index in [1.807, 2.05) is 20.1 Å². The van der Waals surface area contributed by atoms with Crippen molar-refractivity contribution in [3.8, 4) is 0 Å². The van der Waals surface area contributed by atoms with Crippen LogP contribution in [0.15, 0.2) is 12.7 Å². The number of fused-ring (bicyclic) bond motifs is 1. The lowest BCUT2D eigenvalue weighted by atomic mass is 10.2. The van der Waals surface area contributed by atoms with Crippen LogP contribution < -0.4 is 5.73 Å². The number of imidazole rings is 1. The smallest absolute Gasteiger partial charge is 0.242 e. The van der Waals surface area contributed by atoms with Crippen LogP contribution in [0.4, 0.5) is 5.82 Å². The third-order valence-corrected chi connectivity index (χ3v) is 7.01. The molecule has 0 radical (unpaired) electrons. The summed E-state index contributed by atoms with van der Waals surface area (Å²) in [5.74, 6) is -0.147. The summed E-state index contributed by atoms with van der Waals surface area (Å²) in [6.45, 7) is 5.12. The zero-order valence-corrected chi connectivity index (χ0v) is 20.9. The predicted molar refractivity (Wildman–Crippen MR) is 129 cm³/mol. The van der Waals surface area contributed by atoms with Crippen molar-refractivity contribution >= 4 is 46.5 Å². The fraction of sp³-hybridized carbons (Fsp3) is 0.636. The number of nitrogens with two attached hydrogens (primary N) is 1. The molecule has 13 heteroatoms. The molecule has 1 unspecified atom stereocenters. The number of anilines is 1. The number of nitrogen functional groups attached to an aromatic ring is 1. The molecular formula is C22H31N7O5S. The summed E-state index contributed by atoms with van der Waals surface area (Å²) in [6, 6.07) is 0. The van der Waals surface area contributed by atoms with Gasteiger partial charge in [-0.3, -0.25) is 23.9 Å². The van der Waals surface area contributed by atoms with Crippen molar-refractivity contribution in [2.45, 2.75) is 56.8 Å². The Balaban J connectivity index is 1.43. The average Bonchev–Trinajstić information content (AvgIpc) is 3.39. The molecule has 3 amide bonds. The topological polar surface area (TPSA) is 146 Å². The van der Waals surface area contributed by atoms with Gasteiger partial charge in [0.2, 0.25) is 17.7 Å². The second-order valence-corrected chi connectivity index (χ2v) is 9.93. The first-order valence-corrected chi connectivity index (χ1v) is 12.9. The number of imide groups is 1. The van der Waals surface area contributed by atoms with Gasteiger partial charge in [0.15, 0.2) is 17.7 Å². The summed E-state index contributed by atoms with van der Waals surface area (Å²) in [5.41, 5.74) is 6.91. The molecule has 0 bridgehead atoms. The number of ether oxygens (including phenoxy) is 2. The highest BCUT2D eigenvalue weighted by molar-refractivity contribution is 8.00. The van der Waals surface area contributed by atoms with E-state index in [9.17, 15) is 14.4 Å². The highest BCUT2D eigenvalue weighted by atomic mass is 32.2. The molecule has 190 valence electrons. The minimum absolute atomic E-state index is 0.0189. The second kappa shape index (κ2) is 10.9. The molecule has 4 heterocycles. The molecule has 3 atom stereocenters. The quantitative estimate of drug-likeness (QED) is 0.486. The van der Waals surface area contributed by atoms with E-state index in [2.05, 4.69) is 15.0 Å². The van der Waals surface area contributed by atoms with Gasteiger partial charge in [-0.15, -0.1) is 0 Å². The Kier molecular flexibility index (Phi) is 7.87. The number of aromatic nitrogens is 4. The third kappa shape index (κ3) is 5.57. The molecule has 0 aromatic carbocycles. The summed E-state index contributed by atoms with van der Waals surface area (Å²) in [4.78, 5) is 53.2. The molecule has 2 saturated heterocycles. The fourth-order valence-corrected chi connectivity index (χ4v) is 4.90. The van der Waals surface area contributed by atoms with Gasteiger partial charge in [-0.05, 0) is 26.5 Å². The van der Waals surface area contributed by atoms with Crippen LogP contribution >= 0.6 is 11.8 Å². The lowest BCUT2D eigenvalue weighted by Gasteiger charge is -2.38. The number of morpholine rings is 1. The number of nitrogens with zero attached hydrogens (tertiary/aromatic N) is 6. The Hall–Kier alpha value is -2.77. The van der Waals surface area contributed by atoms with Gasteiger partial charge in [0.05, 0.1) is 30.8 Å². The molecule has 2 aliphatic rings. The molecule has 12 nitrogen and oxygen atoms in total. The highest BCUT2D eigenvalue weighted by Crippen LogP contribution is 2.26. The van der Waals surface area contributed by atoms with E-state index in [0.29, 0.717) is 37.3 Å². The van der Waals surface area contributed by atoms with Crippen molar-refractivity contribution < 1.29 is 23.9 Å². The maximum atomic E-state index is 13.1. The molecule has 2 fully saturated rings. The summed E-state index contributed by atoms with van der Waals surface area (Å²) >= 11 is 1.38. The maximum Gasteiger partial charge on any atom is 0.242 e. The van der Waals surface area contributed by atoms with Gasteiger partial charge in [0.1, 0.15) is 17.9 Å². The molecule has 0 aliphatic carbocycles. The Bertz CT molecular complexity index is 1090. The lowest BCUT2D eigenvalue weighted by molar-refractivity contribution is -0.164. The van der Waals surface area contributed by atoms with Crippen LogP contribution in [0.2, 0.25) is 0 Å². The van der Waals surface area contributed by atoms with Gasteiger partial charge < -0.3 is 20.1 Å².